The molecule has 7 nitrogen and oxygen atoms in total. The number of carbonyl (C=O) groups excluding carboxylic acids is 1. The van der Waals surface area contributed by atoms with Crippen molar-refractivity contribution in [3.63, 3.8) is 0 Å². The fourth-order valence-corrected chi connectivity index (χ4v) is 1.45. The smallest absolute Gasteiger partial charge is 0.343 e. The Bertz CT molecular complexity index is 531. The molecule has 0 aliphatic rings. The SMILES string of the molecule is CCOC(=O)c1cccn(CC(C)N=[N+]=[N-])c1=O. The summed E-state index contributed by atoms with van der Waals surface area (Å²) in [5, 5.41) is 3.48. The number of azide groups is 1. The van der Waals surface area contributed by atoms with Crippen LogP contribution in [0.2, 0.25) is 0 Å². The van der Waals surface area contributed by atoms with Gasteiger partial charge in [0.15, 0.2) is 0 Å². The number of aromatic nitrogens is 1. The van der Waals surface area contributed by atoms with Gasteiger partial charge in [0.05, 0.1) is 12.6 Å². The van der Waals surface area contributed by atoms with Crippen molar-refractivity contribution in [2.75, 3.05) is 6.61 Å². The summed E-state index contributed by atoms with van der Waals surface area (Å²) < 4.78 is 6.11. The summed E-state index contributed by atoms with van der Waals surface area (Å²) in [7, 11) is 0. The average Bonchev–Trinajstić information content (AvgIpc) is 2.32. The number of carbonyl (C=O) groups is 1. The quantitative estimate of drug-likeness (QED) is 0.344. The molecule has 18 heavy (non-hydrogen) atoms. The van der Waals surface area contributed by atoms with Crippen molar-refractivity contribution >= 4 is 5.97 Å². The number of pyridine rings is 1. The largest absolute Gasteiger partial charge is 0.462 e. The van der Waals surface area contributed by atoms with Crippen LogP contribution in [0.3, 0.4) is 0 Å². The highest BCUT2D eigenvalue weighted by Crippen LogP contribution is 1.99. The minimum atomic E-state index is -0.645. The lowest BCUT2D eigenvalue weighted by Gasteiger charge is -2.09. The zero-order chi connectivity index (χ0) is 13.5. The molecule has 0 aromatic carbocycles. The normalized spacial score (nSPS) is 11.4. The maximum Gasteiger partial charge on any atom is 0.343 e. The Morgan fingerprint density at radius 1 is 1.67 bits per heavy atom. The lowest BCUT2D eigenvalue weighted by Crippen LogP contribution is -2.29. The summed E-state index contributed by atoms with van der Waals surface area (Å²) in [6.07, 6.45) is 1.54. The van der Waals surface area contributed by atoms with Crippen molar-refractivity contribution < 1.29 is 9.53 Å². The van der Waals surface area contributed by atoms with Crippen LogP contribution in [0.25, 0.3) is 10.4 Å². The molecular weight excluding hydrogens is 236 g/mol. The lowest BCUT2D eigenvalue weighted by molar-refractivity contribution is 0.0523. The van der Waals surface area contributed by atoms with E-state index in [1.807, 2.05) is 0 Å². The standard InChI is InChI=1S/C11H14N4O3/c1-3-18-11(17)9-5-4-6-15(10(9)16)7-8(2)13-14-12/h4-6,8H,3,7H2,1-2H3. The third-order valence-electron chi connectivity index (χ3n) is 2.23. The summed E-state index contributed by atoms with van der Waals surface area (Å²) in [5.74, 6) is -0.645. The first-order valence-electron chi connectivity index (χ1n) is 5.51. The summed E-state index contributed by atoms with van der Waals surface area (Å²) in [4.78, 5) is 26.1. The van der Waals surface area contributed by atoms with Gasteiger partial charge in [-0.3, -0.25) is 4.79 Å². The van der Waals surface area contributed by atoms with Gasteiger partial charge in [-0.15, -0.1) is 0 Å². The molecule has 0 saturated carbocycles. The van der Waals surface area contributed by atoms with Crippen LogP contribution < -0.4 is 5.56 Å². The third kappa shape index (κ3) is 3.36. The molecule has 0 amide bonds. The van der Waals surface area contributed by atoms with E-state index in [1.54, 1.807) is 19.9 Å². The molecule has 0 saturated heterocycles. The molecule has 0 N–H and O–H groups in total. The van der Waals surface area contributed by atoms with E-state index in [0.717, 1.165) is 0 Å². The Kier molecular flexibility index (Phi) is 4.95. The Hall–Kier alpha value is -2.27. The number of esters is 1. The molecule has 1 rings (SSSR count). The molecule has 0 radical (unpaired) electrons. The number of ether oxygens (including phenoxy) is 1. The Morgan fingerprint density at radius 3 is 3.00 bits per heavy atom. The van der Waals surface area contributed by atoms with Crippen molar-refractivity contribution in [3.8, 4) is 0 Å². The van der Waals surface area contributed by atoms with Gasteiger partial charge < -0.3 is 9.30 Å². The van der Waals surface area contributed by atoms with Crippen molar-refractivity contribution in [2.24, 2.45) is 5.11 Å². The van der Waals surface area contributed by atoms with E-state index in [-0.39, 0.29) is 24.8 Å². The van der Waals surface area contributed by atoms with E-state index < -0.39 is 11.5 Å². The highest BCUT2D eigenvalue weighted by molar-refractivity contribution is 5.88. The molecule has 1 aromatic rings. The zero-order valence-corrected chi connectivity index (χ0v) is 10.2. The lowest BCUT2D eigenvalue weighted by atomic mass is 10.2. The molecule has 0 bridgehead atoms. The number of hydrogen-bond acceptors (Lipinski definition) is 4. The molecule has 0 fully saturated rings. The Labute approximate surface area is 104 Å². The predicted octanol–water partition coefficient (Wildman–Crippen LogP) is 1.72. The van der Waals surface area contributed by atoms with Gasteiger partial charge in [0, 0.05) is 17.7 Å². The van der Waals surface area contributed by atoms with Gasteiger partial charge >= 0.3 is 5.97 Å². The minimum absolute atomic E-state index is 0.0208. The van der Waals surface area contributed by atoms with E-state index >= 15 is 0 Å². The molecule has 0 aliphatic heterocycles. The van der Waals surface area contributed by atoms with Crippen LogP contribution in [-0.4, -0.2) is 23.2 Å². The topological polar surface area (TPSA) is 97.1 Å². The highest BCUT2D eigenvalue weighted by Gasteiger charge is 2.13. The minimum Gasteiger partial charge on any atom is -0.462 e. The molecule has 0 aliphatic carbocycles. The van der Waals surface area contributed by atoms with Gasteiger partial charge in [0.1, 0.15) is 5.56 Å². The first kappa shape index (κ1) is 13.8. The molecular formula is C11H14N4O3. The van der Waals surface area contributed by atoms with Gasteiger partial charge in [0.25, 0.3) is 5.56 Å². The molecule has 1 aromatic heterocycles. The fourth-order valence-electron chi connectivity index (χ4n) is 1.45. The Morgan fingerprint density at radius 2 is 2.39 bits per heavy atom. The van der Waals surface area contributed by atoms with Crippen molar-refractivity contribution in [3.05, 3.63) is 44.7 Å². The van der Waals surface area contributed by atoms with Crippen molar-refractivity contribution in [2.45, 2.75) is 26.4 Å². The molecule has 7 heteroatoms. The summed E-state index contributed by atoms with van der Waals surface area (Å²) in [5.41, 5.74) is 7.82. The second-order valence-electron chi connectivity index (χ2n) is 3.65. The van der Waals surface area contributed by atoms with E-state index in [9.17, 15) is 9.59 Å². The van der Waals surface area contributed by atoms with E-state index in [4.69, 9.17) is 10.3 Å². The summed E-state index contributed by atoms with van der Waals surface area (Å²) in [6.45, 7) is 3.78. The number of hydrogen-bond donors (Lipinski definition) is 0. The van der Waals surface area contributed by atoms with Gasteiger partial charge in [-0.1, -0.05) is 12.0 Å². The highest BCUT2D eigenvalue weighted by atomic mass is 16.5. The van der Waals surface area contributed by atoms with Crippen LogP contribution in [-0.2, 0) is 11.3 Å². The van der Waals surface area contributed by atoms with E-state index in [2.05, 4.69) is 10.0 Å². The summed E-state index contributed by atoms with van der Waals surface area (Å²) in [6, 6.07) is 2.62. The van der Waals surface area contributed by atoms with Crippen LogP contribution in [0.1, 0.15) is 24.2 Å². The molecule has 1 unspecified atom stereocenters. The maximum atomic E-state index is 12.0. The average molecular weight is 250 g/mol. The van der Waals surface area contributed by atoms with Crippen LogP contribution in [0.5, 0.6) is 0 Å². The fraction of sp³-hybridized carbons (Fsp3) is 0.455. The molecule has 1 heterocycles. The van der Waals surface area contributed by atoms with E-state index in [1.165, 1.54) is 16.8 Å². The first-order chi connectivity index (χ1) is 8.60. The zero-order valence-electron chi connectivity index (χ0n) is 10.2. The van der Waals surface area contributed by atoms with Gasteiger partial charge in [0.2, 0.25) is 0 Å². The number of rotatable bonds is 5. The van der Waals surface area contributed by atoms with Crippen LogP contribution >= 0.6 is 0 Å². The first-order valence-corrected chi connectivity index (χ1v) is 5.51. The van der Waals surface area contributed by atoms with Crippen LogP contribution in [0.15, 0.2) is 28.2 Å². The maximum absolute atomic E-state index is 12.0. The molecule has 96 valence electrons. The third-order valence-corrected chi connectivity index (χ3v) is 2.23. The Balaban J connectivity index is 3.02. The van der Waals surface area contributed by atoms with Gasteiger partial charge in [-0.05, 0) is 24.6 Å². The van der Waals surface area contributed by atoms with Gasteiger partial charge in [-0.2, -0.15) is 0 Å². The second-order valence-corrected chi connectivity index (χ2v) is 3.65. The van der Waals surface area contributed by atoms with Gasteiger partial charge in [-0.25, -0.2) is 4.79 Å². The van der Waals surface area contributed by atoms with E-state index in [0.29, 0.717) is 0 Å². The van der Waals surface area contributed by atoms with Crippen molar-refractivity contribution in [1.29, 1.82) is 0 Å². The molecule has 1 atom stereocenters. The summed E-state index contributed by atoms with van der Waals surface area (Å²) >= 11 is 0. The predicted molar refractivity (Wildman–Crippen MR) is 65.3 cm³/mol. The monoisotopic (exact) mass is 250 g/mol. The molecule has 0 spiro atoms. The number of nitrogens with zero attached hydrogens (tertiary/aromatic N) is 4. The van der Waals surface area contributed by atoms with Crippen LogP contribution in [0, 0.1) is 0 Å². The van der Waals surface area contributed by atoms with Crippen molar-refractivity contribution in [1.82, 2.24) is 4.57 Å². The van der Waals surface area contributed by atoms with Crippen LogP contribution in [0.4, 0.5) is 0 Å². The second kappa shape index (κ2) is 6.46.